The molecular formula is C11H11NO. The van der Waals surface area contributed by atoms with Crippen LogP contribution in [0.4, 0.5) is 0 Å². The SMILES string of the molecule is CC(=O)C(CC#N)c1ccccc1. The fourth-order valence-corrected chi connectivity index (χ4v) is 1.27. The highest BCUT2D eigenvalue weighted by Crippen LogP contribution is 2.19. The number of ketones is 1. The molecule has 0 radical (unpaired) electrons. The highest BCUT2D eigenvalue weighted by atomic mass is 16.1. The van der Waals surface area contributed by atoms with E-state index in [0.29, 0.717) is 0 Å². The molecule has 2 heteroatoms. The number of carbonyl (C=O) groups excluding carboxylic acids is 1. The molecule has 1 unspecified atom stereocenters. The quantitative estimate of drug-likeness (QED) is 0.703. The average Bonchev–Trinajstić information content (AvgIpc) is 2.15. The van der Waals surface area contributed by atoms with Crippen molar-refractivity contribution in [1.82, 2.24) is 0 Å². The molecule has 0 fully saturated rings. The molecule has 1 aromatic rings. The fraction of sp³-hybridized carbons (Fsp3) is 0.273. The minimum atomic E-state index is -0.258. The standard InChI is InChI=1S/C11H11NO/c1-9(13)11(7-8-12)10-5-3-2-4-6-10/h2-6,11H,7H2,1H3. The molecule has 0 N–H and O–H groups in total. The molecule has 0 amide bonds. The summed E-state index contributed by atoms with van der Waals surface area (Å²) in [5.41, 5.74) is 0.927. The van der Waals surface area contributed by atoms with E-state index in [0.717, 1.165) is 5.56 Å². The summed E-state index contributed by atoms with van der Waals surface area (Å²) in [6, 6.07) is 11.4. The second-order valence-electron chi connectivity index (χ2n) is 2.94. The van der Waals surface area contributed by atoms with E-state index in [1.165, 1.54) is 6.92 Å². The molecule has 0 aliphatic heterocycles. The summed E-state index contributed by atoms with van der Waals surface area (Å²) >= 11 is 0. The van der Waals surface area contributed by atoms with Gasteiger partial charge in [0.25, 0.3) is 0 Å². The van der Waals surface area contributed by atoms with Crippen LogP contribution in [0.15, 0.2) is 30.3 Å². The Kier molecular flexibility index (Phi) is 3.22. The van der Waals surface area contributed by atoms with Gasteiger partial charge in [-0.1, -0.05) is 30.3 Å². The van der Waals surface area contributed by atoms with E-state index in [1.807, 2.05) is 36.4 Å². The molecule has 66 valence electrons. The molecule has 0 spiro atoms. The molecule has 0 heterocycles. The van der Waals surface area contributed by atoms with E-state index in [1.54, 1.807) is 0 Å². The van der Waals surface area contributed by atoms with Gasteiger partial charge in [0, 0.05) is 6.42 Å². The molecule has 1 atom stereocenters. The molecule has 1 rings (SSSR count). The predicted octanol–water partition coefficient (Wildman–Crippen LogP) is 2.27. The Hall–Kier alpha value is -1.62. The second kappa shape index (κ2) is 4.42. The Labute approximate surface area is 77.8 Å². The molecule has 0 aliphatic rings. The van der Waals surface area contributed by atoms with Crippen molar-refractivity contribution in [2.24, 2.45) is 0 Å². The lowest BCUT2D eigenvalue weighted by molar-refractivity contribution is -0.118. The monoisotopic (exact) mass is 173 g/mol. The van der Waals surface area contributed by atoms with Gasteiger partial charge in [-0.2, -0.15) is 5.26 Å². The van der Waals surface area contributed by atoms with Gasteiger partial charge in [-0.25, -0.2) is 0 Å². The van der Waals surface area contributed by atoms with Crippen molar-refractivity contribution in [3.05, 3.63) is 35.9 Å². The lowest BCUT2D eigenvalue weighted by Gasteiger charge is -2.09. The minimum Gasteiger partial charge on any atom is -0.299 e. The molecule has 0 aromatic heterocycles. The third-order valence-electron chi connectivity index (χ3n) is 1.99. The van der Waals surface area contributed by atoms with Gasteiger partial charge in [-0.05, 0) is 12.5 Å². The van der Waals surface area contributed by atoms with Crippen molar-refractivity contribution in [1.29, 1.82) is 5.26 Å². The lowest BCUT2D eigenvalue weighted by Crippen LogP contribution is -2.07. The van der Waals surface area contributed by atoms with E-state index in [-0.39, 0.29) is 18.1 Å². The summed E-state index contributed by atoms with van der Waals surface area (Å²) in [6.07, 6.45) is 0.263. The van der Waals surface area contributed by atoms with Gasteiger partial charge in [0.1, 0.15) is 5.78 Å². The summed E-state index contributed by atoms with van der Waals surface area (Å²) < 4.78 is 0. The summed E-state index contributed by atoms with van der Waals surface area (Å²) in [7, 11) is 0. The zero-order chi connectivity index (χ0) is 9.68. The van der Waals surface area contributed by atoms with Gasteiger partial charge in [0.05, 0.1) is 12.0 Å². The van der Waals surface area contributed by atoms with Crippen LogP contribution in [0, 0.1) is 11.3 Å². The average molecular weight is 173 g/mol. The van der Waals surface area contributed by atoms with E-state index in [4.69, 9.17) is 5.26 Å². The van der Waals surface area contributed by atoms with Crippen LogP contribution in [-0.4, -0.2) is 5.78 Å². The minimum absolute atomic E-state index is 0.0488. The van der Waals surface area contributed by atoms with Crippen LogP contribution in [0.3, 0.4) is 0 Å². The van der Waals surface area contributed by atoms with Crippen molar-refractivity contribution in [3.63, 3.8) is 0 Å². The second-order valence-corrected chi connectivity index (χ2v) is 2.94. The van der Waals surface area contributed by atoms with Gasteiger partial charge in [0.2, 0.25) is 0 Å². The van der Waals surface area contributed by atoms with Crippen molar-refractivity contribution < 1.29 is 4.79 Å². The van der Waals surface area contributed by atoms with E-state index in [2.05, 4.69) is 0 Å². The number of rotatable bonds is 3. The molecule has 0 saturated heterocycles. The van der Waals surface area contributed by atoms with Gasteiger partial charge in [0.15, 0.2) is 0 Å². The van der Waals surface area contributed by atoms with Gasteiger partial charge < -0.3 is 0 Å². The normalized spacial score (nSPS) is 11.7. The Morgan fingerprint density at radius 1 is 1.46 bits per heavy atom. The predicted molar refractivity (Wildman–Crippen MR) is 50.1 cm³/mol. The Morgan fingerprint density at radius 3 is 2.54 bits per heavy atom. The number of carbonyl (C=O) groups is 1. The van der Waals surface area contributed by atoms with Crippen LogP contribution in [0.25, 0.3) is 0 Å². The van der Waals surface area contributed by atoms with E-state index >= 15 is 0 Å². The smallest absolute Gasteiger partial charge is 0.138 e. The maximum absolute atomic E-state index is 11.2. The Balaban J connectivity index is 2.90. The lowest BCUT2D eigenvalue weighted by atomic mass is 9.93. The number of Topliss-reactive ketones (excluding diaryl/α,β-unsaturated/α-hetero) is 1. The first-order valence-electron chi connectivity index (χ1n) is 4.18. The third-order valence-corrected chi connectivity index (χ3v) is 1.99. The summed E-state index contributed by atoms with van der Waals surface area (Å²) in [6.45, 7) is 1.52. The molecule has 2 nitrogen and oxygen atoms in total. The van der Waals surface area contributed by atoms with Gasteiger partial charge in [-0.15, -0.1) is 0 Å². The van der Waals surface area contributed by atoms with Crippen molar-refractivity contribution in [2.45, 2.75) is 19.3 Å². The molecule has 0 aliphatic carbocycles. The molecular weight excluding hydrogens is 162 g/mol. The van der Waals surface area contributed by atoms with E-state index in [9.17, 15) is 4.79 Å². The highest BCUT2D eigenvalue weighted by molar-refractivity contribution is 5.83. The largest absolute Gasteiger partial charge is 0.299 e. The van der Waals surface area contributed by atoms with Crippen molar-refractivity contribution in [3.8, 4) is 6.07 Å². The zero-order valence-electron chi connectivity index (χ0n) is 7.53. The Morgan fingerprint density at radius 2 is 2.08 bits per heavy atom. The van der Waals surface area contributed by atoms with Crippen LogP contribution in [0.5, 0.6) is 0 Å². The summed E-state index contributed by atoms with van der Waals surface area (Å²) in [5.74, 6) is -0.209. The number of hydrogen-bond acceptors (Lipinski definition) is 2. The first-order valence-corrected chi connectivity index (χ1v) is 4.18. The first-order chi connectivity index (χ1) is 6.25. The van der Waals surface area contributed by atoms with E-state index < -0.39 is 0 Å². The van der Waals surface area contributed by atoms with Crippen LogP contribution in [0.1, 0.15) is 24.8 Å². The maximum Gasteiger partial charge on any atom is 0.138 e. The van der Waals surface area contributed by atoms with Crippen molar-refractivity contribution in [2.75, 3.05) is 0 Å². The first kappa shape index (κ1) is 9.47. The number of nitriles is 1. The Bertz CT molecular complexity index is 324. The zero-order valence-corrected chi connectivity index (χ0v) is 7.53. The van der Waals surface area contributed by atoms with Crippen LogP contribution < -0.4 is 0 Å². The summed E-state index contributed by atoms with van der Waals surface area (Å²) in [5, 5.41) is 8.54. The molecule has 1 aromatic carbocycles. The van der Waals surface area contributed by atoms with Crippen LogP contribution >= 0.6 is 0 Å². The van der Waals surface area contributed by atoms with Crippen LogP contribution in [0.2, 0.25) is 0 Å². The number of nitrogens with zero attached hydrogens (tertiary/aromatic N) is 1. The molecule has 0 bridgehead atoms. The van der Waals surface area contributed by atoms with Gasteiger partial charge in [-0.3, -0.25) is 4.79 Å². The van der Waals surface area contributed by atoms with Crippen LogP contribution in [-0.2, 0) is 4.79 Å². The third kappa shape index (κ3) is 2.41. The topological polar surface area (TPSA) is 40.9 Å². The molecule has 13 heavy (non-hydrogen) atoms. The number of hydrogen-bond donors (Lipinski definition) is 0. The number of benzene rings is 1. The van der Waals surface area contributed by atoms with Gasteiger partial charge >= 0.3 is 0 Å². The molecule has 0 saturated carbocycles. The maximum atomic E-state index is 11.2. The summed E-state index contributed by atoms with van der Waals surface area (Å²) in [4.78, 5) is 11.2. The fourth-order valence-electron chi connectivity index (χ4n) is 1.27. The van der Waals surface area contributed by atoms with Crippen molar-refractivity contribution >= 4 is 5.78 Å². The highest BCUT2D eigenvalue weighted by Gasteiger charge is 2.15.